The van der Waals surface area contributed by atoms with Crippen molar-refractivity contribution in [3.05, 3.63) is 53.1 Å². The van der Waals surface area contributed by atoms with E-state index in [4.69, 9.17) is 0 Å². The maximum absolute atomic E-state index is 2.26. The van der Waals surface area contributed by atoms with Crippen LogP contribution >= 0.6 is 0 Å². The highest BCUT2D eigenvalue weighted by Crippen LogP contribution is 2.25. The van der Waals surface area contributed by atoms with Gasteiger partial charge >= 0.3 is 0 Å². The van der Waals surface area contributed by atoms with Gasteiger partial charge in [-0.25, -0.2) is 0 Å². The van der Waals surface area contributed by atoms with E-state index in [9.17, 15) is 0 Å². The summed E-state index contributed by atoms with van der Waals surface area (Å²) >= 11 is 0. The fraction of sp³-hybridized carbons (Fsp3) is 0.286. The monoisotopic (exact) mass is 184 g/mol. The third-order valence-electron chi connectivity index (χ3n) is 2.72. The number of fused-ring (bicyclic) bond motifs is 1. The molecule has 14 heavy (non-hydrogen) atoms. The lowest BCUT2D eigenvalue weighted by Gasteiger charge is -2.13. The van der Waals surface area contributed by atoms with Crippen LogP contribution in [0.25, 0.3) is 6.08 Å². The Balaban J connectivity index is 2.55. The van der Waals surface area contributed by atoms with Crippen LogP contribution in [-0.4, -0.2) is 0 Å². The van der Waals surface area contributed by atoms with Crippen LogP contribution in [0.4, 0.5) is 0 Å². The predicted molar refractivity (Wildman–Crippen MR) is 62.4 cm³/mol. The molecule has 1 aromatic rings. The maximum atomic E-state index is 2.26. The Morgan fingerprint density at radius 1 is 1.14 bits per heavy atom. The van der Waals surface area contributed by atoms with E-state index in [1.165, 1.54) is 16.7 Å². The Morgan fingerprint density at radius 2 is 2.00 bits per heavy atom. The molecule has 0 aliphatic heterocycles. The molecule has 0 heterocycles. The first kappa shape index (κ1) is 9.26. The molecule has 0 saturated heterocycles. The van der Waals surface area contributed by atoms with Gasteiger partial charge in [-0.15, -0.1) is 0 Å². The van der Waals surface area contributed by atoms with Gasteiger partial charge in [0.25, 0.3) is 0 Å². The highest BCUT2D eigenvalue weighted by atomic mass is 14.1. The summed E-state index contributed by atoms with van der Waals surface area (Å²) in [4.78, 5) is 0. The molecule has 0 spiro atoms. The lowest BCUT2D eigenvalue weighted by Crippen LogP contribution is -1.97. The first-order chi connectivity index (χ1) is 6.79. The molecule has 0 saturated carbocycles. The van der Waals surface area contributed by atoms with Crippen LogP contribution in [-0.2, 0) is 6.42 Å². The lowest BCUT2D eigenvalue weighted by molar-refractivity contribution is 0.850. The smallest absolute Gasteiger partial charge is 0.00855 e. The van der Waals surface area contributed by atoms with Gasteiger partial charge in [0.05, 0.1) is 0 Å². The molecule has 0 nitrogen and oxygen atoms in total. The molecule has 2 rings (SSSR count). The number of hydrogen-bond acceptors (Lipinski definition) is 0. The average Bonchev–Trinajstić information content (AvgIpc) is 2.41. The molecule has 1 aromatic carbocycles. The third-order valence-corrected chi connectivity index (χ3v) is 2.72. The second-order valence-corrected chi connectivity index (χ2v) is 4.06. The largest absolute Gasteiger partial charge is 0.0801 e. The number of benzene rings is 1. The van der Waals surface area contributed by atoms with Crippen molar-refractivity contribution in [2.45, 2.75) is 26.2 Å². The van der Waals surface area contributed by atoms with E-state index in [2.05, 4.69) is 56.4 Å². The molecule has 0 fully saturated rings. The van der Waals surface area contributed by atoms with Crippen LogP contribution in [0.1, 0.15) is 36.5 Å². The Hall–Kier alpha value is -1.30. The Morgan fingerprint density at radius 3 is 2.79 bits per heavy atom. The summed E-state index contributed by atoms with van der Waals surface area (Å²) in [5.74, 6) is 0.616. The summed E-state index contributed by atoms with van der Waals surface area (Å²) in [7, 11) is 0. The highest BCUT2D eigenvalue weighted by molar-refractivity contribution is 5.59. The van der Waals surface area contributed by atoms with Crippen LogP contribution in [0.15, 0.2) is 36.4 Å². The summed E-state index contributed by atoms with van der Waals surface area (Å²) < 4.78 is 0. The quantitative estimate of drug-likeness (QED) is 0.620. The average molecular weight is 184 g/mol. The normalized spacial score (nSPS) is 14.2. The number of allylic oxidation sites excluding steroid dienone is 3. The fourth-order valence-corrected chi connectivity index (χ4v) is 1.98. The SMILES string of the molecule is CC(C)c1cccc2c1CC=CC=C2. The van der Waals surface area contributed by atoms with Crippen molar-refractivity contribution in [3.63, 3.8) is 0 Å². The molecule has 0 radical (unpaired) electrons. The van der Waals surface area contributed by atoms with E-state index in [1.807, 2.05) is 0 Å². The first-order valence-corrected chi connectivity index (χ1v) is 5.24. The van der Waals surface area contributed by atoms with E-state index in [0.29, 0.717) is 5.92 Å². The summed E-state index contributed by atoms with van der Waals surface area (Å²) in [5, 5.41) is 0. The Labute approximate surface area is 86.0 Å². The molecule has 0 unspecified atom stereocenters. The third kappa shape index (κ3) is 1.65. The van der Waals surface area contributed by atoms with Crippen molar-refractivity contribution < 1.29 is 0 Å². The molecule has 1 aliphatic rings. The minimum absolute atomic E-state index is 0.616. The fourth-order valence-electron chi connectivity index (χ4n) is 1.98. The molecule has 0 heteroatoms. The molecule has 72 valence electrons. The summed E-state index contributed by atoms with van der Waals surface area (Å²) in [6, 6.07) is 6.60. The van der Waals surface area contributed by atoms with E-state index >= 15 is 0 Å². The van der Waals surface area contributed by atoms with Crippen molar-refractivity contribution in [2.75, 3.05) is 0 Å². The van der Waals surface area contributed by atoms with E-state index in [0.717, 1.165) is 6.42 Å². The zero-order valence-electron chi connectivity index (χ0n) is 8.83. The zero-order chi connectivity index (χ0) is 9.97. The molecule has 0 aromatic heterocycles. The topological polar surface area (TPSA) is 0 Å². The van der Waals surface area contributed by atoms with E-state index < -0.39 is 0 Å². The summed E-state index contributed by atoms with van der Waals surface area (Å²) in [5.41, 5.74) is 4.35. The van der Waals surface area contributed by atoms with Gasteiger partial charge in [-0.3, -0.25) is 0 Å². The van der Waals surface area contributed by atoms with Gasteiger partial charge < -0.3 is 0 Å². The zero-order valence-corrected chi connectivity index (χ0v) is 8.83. The Kier molecular flexibility index (Phi) is 2.53. The van der Waals surface area contributed by atoms with E-state index in [-0.39, 0.29) is 0 Å². The lowest BCUT2D eigenvalue weighted by atomic mass is 9.92. The molecule has 1 aliphatic carbocycles. The molecule has 0 amide bonds. The Bertz CT molecular complexity index is 381. The van der Waals surface area contributed by atoms with E-state index in [1.54, 1.807) is 0 Å². The molecular weight excluding hydrogens is 168 g/mol. The summed E-state index contributed by atoms with van der Waals surface area (Å²) in [6.45, 7) is 4.52. The molecule has 0 N–H and O–H groups in total. The predicted octanol–water partition coefficient (Wildman–Crippen LogP) is 3.94. The van der Waals surface area contributed by atoms with Crippen molar-refractivity contribution >= 4 is 6.08 Å². The van der Waals surface area contributed by atoms with Crippen LogP contribution < -0.4 is 0 Å². The van der Waals surface area contributed by atoms with Crippen molar-refractivity contribution in [2.24, 2.45) is 0 Å². The van der Waals surface area contributed by atoms with Crippen molar-refractivity contribution in [1.82, 2.24) is 0 Å². The van der Waals surface area contributed by atoms with Crippen LogP contribution in [0, 0.1) is 0 Å². The number of hydrogen-bond donors (Lipinski definition) is 0. The van der Waals surface area contributed by atoms with Gasteiger partial charge in [0, 0.05) is 0 Å². The standard InChI is InChI=1S/C14H16/c1-11(2)13-10-6-8-12-7-4-3-5-9-14(12)13/h3-8,10-11H,9H2,1-2H3. The van der Waals surface area contributed by atoms with Gasteiger partial charge in [-0.2, -0.15) is 0 Å². The van der Waals surface area contributed by atoms with Gasteiger partial charge in [0.15, 0.2) is 0 Å². The highest BCUT2D eigenvalue weighted by Gasteiger charge is 2.08. The molecular formula is C14H16. The van der Waals surface area contributed by atoms with Crippen molar-refractivity contribution in [3.8, 4) is 0 Å². The van der Waals surface area contributed by atoms with Crippen LogP contribution in [0.3, 0.4) is 0 Å². The van der Waals surface area contributed by atoms with Crippen LogP contribution in [0.5, 0.6) is 0 Å². The maximum Gasteiger partial charge on any atom is -0.00855 e. The minimum atomic E-state index is 0.616. The van der Waals surface area contributed by atoms with Gasteiger partial charge in [0.1, 0.15) is 0 Å². The van der Waals surface area contributed by atoms with Gasteiger partial charge in [0.2, 0.25) is 0 Å². The van der Waals surface area contributed by atoms with Gasteiger partial charge in [-0.1, -0.05) is 56.4 Å². The van der Waals surface area contributed by atoms with Crippen molar-refractivity contribution in [1.29, 1.82) is 0 Å². The second kappa shape index (κ2) is 3.83. The van der Waals surface area contributed by atoms with Crippen LogP contribution in [0.2, 0.25) is 0 Å². The number of rotatable bonds is 1. The first-order valence-electron chi connectivity index (χ1n) is 5.24. The van der Waals surface area contributed by atoms with Gasteiger partial charge in [-0.05, 0) is 29.0 Å². The summed E-state index contributed by atoms with van der Waals surface area (Å²) in [6.07, 6.45) is 9.75. The second-order valence-electron chi connectivity index (χ2n) is 4.06. The minimum Gasteiger partial charge on any atom is -0.0801 e. The molecule has 0 atom stereocenters. The molecule has 0 bridgehead atoms.